The Morgan fingerprint density at radius 3 is 2.58 bits per heavy atom. The molecule has 4 nitrogen and oxygen atoms in total. The van der Waals surface area contributed by atoms with Gasteiger partial charge in [-0.2, -0.15) is 13.2 Å². The zero-order valence-corrected chi connectivity index (χ0v) is 13.7. The van der Waals surface area contributed by atoms with Crippen molar-refractivity contribution in [3.05, 3.63) is 24.0 Å². The Balaban J connectivity index is 1.60. The van der Waals surface area contributed by atoms with Crippen molar-refractivity contribution in [3.8, 4) is 0 Å². The zero-order chi connectivity index (χ0) is 17.2. The Hall–Kier alpha value is -1.34. The molecule has 0 radical (unpaired) electrons. The third-order valence-corrected chi connectivity index (χ3v) is 5.09. The molecule has 2 unspecified atom stereocenters. The van der Waals surface area contributed by atoms with Crippen molar-refractivity contribution >= 4 is 5.69 Å². The second-order valence-corrected chi connectivity index (χ2v) is 6.91. The van der Waals surface area contributed by atoms with Crippen LogP contribution in [-0.4, -0.2) is 36.2 Å². The summed E-state index contributed by atoms with van der Waals surface area (Å²) in [4.78, 5) is 5.68. The predicted octanol–water partition coefficient (Wildman–Crippen LogP) is 2.93. The maximum atomic E-state index is 12.6. The van der Waals surface area contributed by atoms with E-state index in [0.717, 1.165) is 50.5 Å². The molecule has 2 heterocycles. The summed E-state index contributed by atoms with van der Waals surface area (Å²) in [5.41, 5.74) is 6.12. The molecule has 0 spiro atoms. The van der Waals surface area contributed by atoms with Crippen molar-refractivity contribution < 1.29 is 13.2 Å². The van der Waals surface area contributed by atoms with Gasteiger partial charge in [-0.25, -0.2) is 4.98 Å². The van der Waals surface area contributed by atoms with Crippen molar-refractivity contribution in [3.63, 3.8) is 0 Å². The topological polar surface area (TPSA) is 54.2 Å². The first kappa shape index (κ1) is 17.5. The molecule has 2 fully saturated rings. The van der Waals surface area contributed by atoms with E-state index in [0.29, 0.717) is 12.1 Å². The highest BCUT2D eigenvalue weighted by Gasteiger charge is 2.32. The molecule has 0 amide bonds. The van der Waals surface area contributed by atoms with Gasteiger partial charge in [-0.3, -0.25) is 0 Å². The Labute approximate surface area is 140 Å². The highest BCUT2D eigenvalue weighted by Crippen LogP contribution is 2.29. The molecular formula is C17H25F3N4. The van der Waals surface area contributed by atoms with Gasteiger partial charge in [0.05, 0.1) is 11.9 Å². The lowest BCUT2D eigenvalue weighted by atomic mass is 9.90. The molecule has 2 aliphatic rings. The number of nitrogens with zero attached hydrogens (tertiary/aromatic N) is 2. The van der Waals surface area contributed by atoms with Gasteiger partial charge in [0.25, 0.3) is 0 Å². The molecule has 134 valence electrons. The fourth-order valence-electron chi connectivity index (χ4n) is 3.76. The van der Waals surface area contributed by atoms with E-state index in [1.165, 1.54) is 25.1 Å². The van der Waals surface area contributed by atoms with Gasteiger partial charge in [-0.1, -0.05) is 12.8 Å². The Bertz CT molecular complexity index is 532. The highest BCUT2D eigenvalue weighted by molar-refractivity contribution is 5.45. The summed E-state index contributed by atoms with van der Waals surface area (Å²) in [6, 6.07) is 3.47. The Morgan fingerprint density at radius 2 is 1.92 bits per heavy atom. The number of aromatic nitrogens is 1. The van der Waals surface area contributed by atoms with E-state index in [4.69, 9.17) is 5.73 Å². The molecule has 1 aromatic heterocycles. The van der Waals surface area contributed by atoms with Crippen LogP contribution < -0.4 is 16.0 Å². The minimum atomic E-state index is -4.39. The first-order chi connectivity index (χ1) is 11.4. The number of piperidine rings is 1. The van der Waals surface area contributed by atoms with Crippen molar-refractivity contribution in [2.24, 2.45) is 5.73 Å². The molecule has 1 aromatic rings. The SMILES string of the molecule is NC1CCCCC1N[C@H]1CCCN(c2ccc(C(F)(F)F)nc2)C1. The minimum Gasteiger partial charge on any atom is -0.369 e. The number of anilines is 1. The molecule has 1 saturated heterocycles. The third kappa shape index (κ3) is 4.19. The summed E-state index contributed by atoms with van der Waals surface area (Å²) >= 11 is 0. The lowest BCUT2D eigenvalue weighted by molar-refractivity contribution is -0.141. The van der Waals surface area contributed by atoms with E-state index in [1.807, 2.05) is 0 Å². The van der Waals surface area contributed by atoms with E-state index in [9.17, 15) is 13.2 Å². The maximum Gasteiger partial charge on any atom is 0.433 e. The molecule has 1 aliphatic heterocycles. The van der Waals surface area contributed by atoms with Crippen molar-refractivity contribution in [1.82, 2.24) is 10.3 Å². The summed E-state index contributed by atoms with van der Waals surface area (Å²) in [5, 5.41) is 3.68. The maximum absolute atomic E-state index is 12.6. The van der Waals surface area contributed by atoms with Gasteiger partial charge >= 0.3 is 6.18 Å². The number of rotatable bonds is 3. The smallest absolute Gasteiger partial charge is 0.369 e. The summed E-state index contributed by atoms with van der Waals surface area (Å²) < 4.78 is 37.9. The normalized spacial score (nSPS) is 28.8. The van der Waals surface area contributed by atoms with Crippen molar-refractivity contribution in [2.45, 2.75) is 62.8 Å². The van der Waals surface area contributed by atoms with E-state index in [2.05, 4.69) is 15.2 Å². The molecule has 1 saturated carbocycles. The van der Waals surface area contributed by atoms with Gasteiger partial charge in [-0.15, -0.1) is 0 Å². The Kier molecular flexibility index (Phi) is 5.30. The summed E-state index contributed by atoms with van der Waals surface area (Å²) in [7, 11) is 0. The first-order valence-electron chi connectivity index (χ1n) is 8.73. The van der Waals surface area contributed by atoms with E-state index < -0.39 is 11.9 Å². The second-order valence-electron chi connectivity index (χ2n) is 6.91. The quantitative estimate of drug-likeness (QED) is 0.887. The number of hydrogen-bond donors (Lipinski definition) is 2. The largest absolute Gasteiger partial charge is 0.433 e. The van der Waals surface area contributed by atoms with Crippen LogP contribution in [0.5, 0.6) is 0 Å². The van der Waals surface area contributed by atoms with Gasteiger partial charge in [0.1, 0.15) is 5.69 Å². The lowest BCUT2D eigenvalue weighted by Gasteiger charge is -2.39. The van der Waals surface area contributed by atoms with Crippen molar-refractivity contribution in [1.29, 1.82) is 0 Å². The molecule has 24 heavy (non-hydrogen) atoms. The van der Waals surface area contributed by atoms with Gasteiger partial charge in [0.2, 0.25) is 0 Å². The monoisotopic (exact) mass is 342 g/mol. The van der Waals surface area contributed by atoms with Crippen molar-refractivity contribution in [2.75, 3.05) is 18.0 Å². The number of halogens is 3. The molecule has 1 aliphatic carbocycles. The molecule has 3 N–H and O–H groups in total. The van der Waals surface area contributed by atoms with Crippen LogP contribution >= 0.6 is 0 Å². The molecule has 7 heteroatoms. The first-order valence-corrected chi connectivity index (χ1v) is 8.73. The highest BCUT2D eigenvalue weighted by atomic mass is 19.4. The molecule has 0 aromatic carbocycles. The van der Waals surface area contributed by atoms with Crippen LogP contribution in [0.4, 0.5) is 18.9 Å². The van der Waals surface area contributed by atoms with Crippen LogP contribution in [-0.2, 0) is 6.18 Å². The zero-order valence-electron chi connectivity index (χ0n) is 13.7. The standard InChI is InChI=1S/C17H25F3N4/c18-17(19,20)16-8-7-13(10-22-16)24-9-3-4-12(11-24)23-15-6-2-1-5-14(15)21/h7-8,10,12,14-15,23H,1-6,9,11,21H2/t12-,14?,15?/m0/s1. The molecule has 3 atom stereocenters. The second kappa shape index (κ2) is 7.27. The minimum absolute atomic E-state index is 0.210. The molecule has 0 bridgehead atoms. The Morgan fingerprint density at radius 1 is 1.12 bits per heavy atom. The average molecular weight is 342 g/mol. The average Bonchev–Trinajstić information content (AvgIpc) is 2.57. The molecular weight excluding hydrogens is 317 g/mol. The predicted molar refractivity (Wildman–Crippen MR) is 87.8 cm³/mol. The fraction of sp³-hybridized carbons (Fsp3) is 0.706. The van der Waals surface area contributed by atoms with E-state index in [-0.39, 0.29) is 6.04 Å². The number of hydrogen-bond acceptors (Lipinski definition) is 4. The third-order valence-electron chi connectivity index (χ3n) is 5.09. The van der Waals surface area contributed by atoms with Gasteiger partial charge in [-0.05, 0) is 37.8 Å². The van der Waals surface area contributed by atoms with Crippen LogP contribution in [0, 0.1) is 0 Å². The van der Waals surface area contributed by atoms with Crippen LogP contribution in [0.2, 0.25) is 0 Å². The van der Waals surface area contributed by atoms with Gasteiger partial charge in [0, 0.05) is 31.2 Å². The van der Waals surface area contributed by atoms with Crippen LogP contribution in [0.15, 0.2) is 18.3 Å². The number of nitrogens with two attached hydrogens (primary N) is 1. The molecule has 3 rings (SSSR count). The summed E-state index contributed by atoms with van der Waals surface area (Å²) in [5.74, 6) is 0. The summed E-state index contributed by atoms with van der Waals surface area (Å²) in [6.07, 6.45) is 3.63. The fourth-order valence-corrected chi connectivity index (χ4v) is 3.76. The van der Waals surface area contributed by atoms with Crippen LogP contribution in [0.3, 0.4) is 0 Å². The number of nitrogens with one attached hydrogen (secondary N) is 1. The summed E-state index contributed by atoms with van der Waals surface area (Å²) in [6.45, 7) is 1.64. The van der Waals surface area contributed by atoms with E-state index >= 15 is 0 Å². The van der Waals surface area contributed by atoms with E-state index in [1.54, 1.807) is 0 Å². The lowest BCUT2D eigenvalue weighted by Crippen LogP contribution is -2.55. The van der Waals surface area contributed by atoms with Gasteiger partial charge in [0.15, 0.2) is 0 Å². The number of alkyl halides is 3. The van der Waals surface area contributed by atoms with Crippen LogP contribution in [0.25, 0.3) is 0 Å². The van der Waals surface area contributed by atoms with Crippen LogP contribution in [0.1, 0.15) is 44.2 Å². The van der Waals surface area contributed by atoms with Gasteiger partial charge < -0.3 is 16.0 Å². The number of pyridine rings is 1.